The smallest absolute Gasteiger partial charge is 0.306 e. The van der Waals surface area contributed by atoms with Gasteiger partial charge in [-0.15, -0.1) is 0 Å². The second-order valence-corrected chi connectivity index (χ2v) is 25.7. The number of carbonyl (C=O) groups excluding carboxylic acids is 2. The summed E-state index contributed by atoms with van der Waals surface area (Å²) in [6.45, 7) is 5.83. The molecule has 500 valence electrons. The Balaban J connectivity index is 2.56. The number of carbonyl (C=O) groups is 2. The van der Waals surface area contributed by atoms with Gasteiger partial charge in [-0.3, -0.25) is 9.59 Å². The van der Waals surface area contributed by atoms with Crippen LogP contribution in [0.25, 0.3) is 0 Å². The van der Waals surface area contributed by atoms with E-state index in [4.69, 9.17) is 14.2 Å². The highest BCUT2D eigenvalue weighted by Crippen LogP contribution is 2.27. The van der Waals surface area contributed by atoms with Crippen LogP contribution in [-0.4, -0.2) is 99.6 Å². The lowest BCUT2D eigenvalue weighted by Crippen LogP contribution is -2.61. The van der Waals surface area contributed by atoms with Crippen LogP contribution >= 0.6 is 0 Å². The molecule has 0 aromatic carbocycles. The second-order valence-electron chi connectivity index (χ2n) is 25.7. The summed E-state index contributed by atoms with van der Waals surface area (Å²) in [5, 5.41) is 57.3. The molecule has 0 aromatic heterocycles. The monoisotopic (exact) mass is 1200 g/mol. The number of esters is 1. The Morgan fingerprint density at radius 3 is 1.22 bits per heavy atom. The Bertz CT molecular complexity index is 1520. The molecule has 8 unspecified atom stereocenters. The van der Waals surface area contributed by atoms with E-state index >= 15 is 0 Å². The second kappa shape index (κ2) is 62.1. The molecule has 1 fully saturated rings. The van der Waals surface area contributed by atoms with E-state index in [1.165, 1.54) is 244 Å². The first-order valence-corrected chi connectivity index (χ1v) is 36.8. The first kappa shape index (κ1) is 80.9. The van der Waals surface area contributed by atoms with Crippen LogP contribution in [0, 0.1) is 0 Å². The minimum atomic E-state index is -1.61. The normalized spacial score (nSPS) is 18.5. The summed E-state index contributed by atoms with van der Waals surface area (Å²) in [5.74, 6) is -1.18. The van der Waals surface area contributed by atoms with Crippen LogP contribution in [0.2, 0.25) is 0 Å². The molecule has 8 atom stereocenters. The van der Waals surface area contributed by atoms with Crippen LogP contribution in [0.5, 0.6) is 0 Å². The SMILES string of the molecule is CCCCC/C=C\C/C=C\CCCCCCCCCCCCC(O)C(=O)NC(COC1OC(CO)C(O)C(O)C1OC(=O)CCCCCCCCCCCCCCCCCCCCCCCCC)C(O)/C=C/CCCCCCCCCCCCC. The van der Waals surface area contributed by atoms with E-state index in [0.29, 0.717) is 19.3 Å². The summed E-state index contributed by atoms with van der Waals surface area (Å²) < 4.78 is 17.7. The molecule has 0 saturated carbocycles. The van der Waals surface area contributed by atoms with Gasteiger partial charge in [-0.25, -0.2) is 0 Å². The standard InChI is InChI=1S/C74H139NO10/c1-4-7-10-13-16-19-22-25-27-29-31-33-34-35-37-39-41-44-47-50-53-56-59-62-69(79)85-72-71(81)70(80)68(63-76)84-74(72)83-64-65(66(77)60-57-54-51-48-45-42-24-21-18-15-12-9-6-3)75-73(82)67(78)61-58-55-52-49-46-43-40-38-36-32-30-28-26-23-20-17-14-11-8-5-2/h17,20,26,28,57,60,65-68,70-72,74,76-78,80-81H,4-16,18-19,21-25,27,29-56,58-59,61-64H2,1-3H3,(H,75,82)/b20-17-,28-26-,60-57+. The molecular weight excluding hydrogens is 1060 g/mol. The quantitative estimate of drug-likeness (QED) is 0.0195. The molecule has 1 saturated heterocycles. The fourth-order valence-corrected chi connectivity index (χ4v) is 11.7. The van der Waals surface area contributed by atoms with Crippen LogP contribution < -0.4 is 5.32 Å². The topological polar surface area (TPSA) is 175 Å². The molecule has 11 heteroatoms. The molecule has 0 aliphatic carbocycles. The van der Waals surface area contributed by atoms with Gasteiger partial charge in [0.15, 0.2) is 12.4 Å². The predicted molar refractivity (Wildman–Crippen MR) is 357 cm³/mol. The maximum absolute atomic E-state index is 13.5. The van der Waals surface area contributed by atoms with Crippen molar-refractivity contribution in [3.63, 3.8) is 0 Å². The van der Waals surface area contributed by atoms with Gasteiger partial charge in [0.25, 0.3) is 0 Å². The number of aliphatic hydroxyl groups is 5. The number of rotatable bonds is 64. The summed E-state index contributed by atoms with van der Waals surface area (Å²) >= 11 is 0. The number of hydrogen-bond acceptors (Lipinski definition) is 10. The summed E-state index contributed by atoms with van der Waals surface area (Å²) in [5.41, 5.74) is 0. The van der Waals surface area contributed by atoms with Crippen molar-refractivity contribution in [3.8, 4) is 0 Å². The zero-order valence-corrected chi connectivity index (χ0v) is 55.8. The Morgan fingerprint density at radius 1 is 0.459 bits per heavy atom. The van der Waals surface area contributed by atoms with Crippen molar-refractivity contribution in [2.75, 3.05) is 13.2 Å². The number of nitrogens with one attached hydrogen (secondary N) is 1. The molecule has 0 radical (unpaired) electrons. The van der Waals surface area contributed by atoms with E-state index in [-0.39, 0.29) is 13.0 Å². The fraction of sp³-hybridized carbons (Fsp3) is 0.892. The largest absolute Gasteiger partial charge is 0.454 e. The third kappa shape index (κ3) is 49.4. The Hall–Kier alpha value is -2.12. The lowest BCUT2D eigenvalue weighted by atomic mass is 9.99. The average Bonchev–Trinajstić information content (AvgIpc) is 3.12. The highest BCUT2D eigenvalue weighted by atomic mass is 16.7. The third-order valence-electron chi connectivity index (χ3n) is 17.5. The van der Waals surface area contributed by atoms with Crippen LogP contribution in [0.3, 0.4) is 0 Å². The van der Waals surface area contributed by atoms with E-state index in [0.717, 1.165) is 70.6 Å². The molecular formula is C74H139NO10. The van der Waals surface area contributed by atoms with Crippen LogP contribution in [0.1, 0.15) is 361 Å². The lowest BCUT2D eigenvalue weighted by Gasteiger charge is -2.41. The van der Waals surface area contributed by atoms with E-state index in [2.05, 4.69) is 50.4 Å². The van der Waals surface area contributed by atoms with E-state index in [9.17, 15) is 35.1 Å². The fourth-order valence-electron chi connectivity index (χ4n) is 11.7. The van der Waals surface area contributed by atoms with Crippen LogP contribution in [-0.2, 0) is 23.8 Å². The highest BCUT2D eigenvalue weighted by Gasteiger charge is 2.47. The minimum absolute atomic E-state index is 0.129. The van der Waals surface area contributed by atoms with Crippen LogP contribution in [0.4, 0.5) is 0 Å². The first-order chi connectivity index (χ1) is 41.7. The Labute approximate surface area is 523 Å². The van der Waals surface area contributed by atoms with E-state index < -0.39 is 67.4 Å². The molecule has 0 spiro atoms. The molecule has 0 bridgehead atoms. The number of allylic oxidation sites excluding steroid dienone is 5. The van der Waals surface area contributed by atoms with E-state index in [1.54, 1.807) is 6.08 Å². The Kier molecular flexibility index (Phi) is 59.1. The van der Waals surface area contributed by atoms with Crippen molar-refractivity contribution in [3.05, 3.63) is 36.5 Å². The predicted octanol–water partition coefficient (Wildman–Crippen LogP) is 19.0. The number of unbranched alkanes of at least 4 members (excludes halogenated alkanes) is 46. The van der Waals surface area contributed by atoms with Crippen molar-refractivity contribution in [2.24, 2.45) is 0 Å². The summed E-state index contributed by atoms with van der Waals surface area (Å²) in [6.07, 6.45) is 66.1. The Morgan fingerprint density at radius 2 is 0.812 bits per heavy atom. The van der Waals surface area contributed by atoms with Crippen molar-refractivity contribution in [2.45, 2.75) is 410 Å². The van der Waals surface area contributed by atoms with Gasteiger partial charge in [0.2, 0.25) is 5.91 Å². The van der Waals surface area contributed by atoms with Gasteiger partial charge in [0.05, 0.1) is 25.4 Å². The molecule has 1 amide bonds. The molecule has 1 rings (SSSR count). The van der Waals surface area contributed by atoms with Gasteiger partial charge in [-0.2, -0.15) is 0 Å². The maximum Gasteiger partial charge on any atom is 0.306 e. The number of aliphatic hydroxyl groups excluding tert-OH is 5. The summed E-state index contributed by atoms with van der Waals surface area (Å²) in [6, 6.07) is -1.02. The van der Waals surface area contributed by atoms with Gasteiger partial charge in [-0.05, 0) is 57.8 Å². The number of ether oxygens (including phenoxy) is 3. The molecule has 1 aliphatic heterocycles. The highest BCUT2D eigenvalue weighted by molar-refractivity contribution is 5.80. The first-order valence-electron chi connectivity index (χ1n) is 36.8. The lowest BCUT2D eigenvalue weighted by molar-refractivity contribution is -0.305. The molecule has 85 heavy (non-hydrogen) atoms. The zero-order chi connectivity index (χ0) is 61.7. The number of hydrogen-bond donors (Lipinski definition) is 6. The molecule has 6 N–H and O–H groups in total. The molecule has 0 aromatic rings. The number of amides is 1. The van der Waals surface area contributed by atoms with Gasteiger partial charge >= 0.3 is 5.97 Å². The third-order valence-corrected chi connectivity index (χ3v) is 17.5. The van der Waals surface area contributed by atoms with Crippen molar-refractivity contribution in [1.82, 2.24) is 5.32 Å². The van der Waals surface area contributed by atoms with Crippen molar-refractivity contribution in [1.29, 1.82) is 0 Å². The van der Waals surface area contributed by atoms with Crippen molar-refractivity contribution >= 4 is 11.9 Å². The maximum atomic E-state index is 13.5. The van der Waals surface area contributed by atoms with Crippen molar-refractivity contribution < 1.29 is 49.3 Å². The van der Waals surface area contributed by atoms with E-state index in [1.807, 2.05) is 6.08 Å². The minimum Gasteiger partial charge on any atom is -0.454 e. The van der Waals surface area contributed by atoms with Crippen LogP contribution in [0.15, 0.2) is 36.5 Å². The average molecular weight is 1200 g/mol. The van der Waals surface area contributed by atoms with Gasteiger partial charge < -0.3 is 45.1 Å². The molecule has 1 aliphatic rings. The summed E-state index contributed by atoms with van der Waals surface area (Å²) in [7, 11) is 0. The van der Waals surface area contributed by atoms with Gasteiger partial charge in [-0.1, -0.05) is 333 Å². The zero-order valence-electron chi connectivity index (χ0n) is 55.8. The molecule has 1 heterocycles. The van der Waals surface area contributed by atoms with Gasteiger partial charge in [0, 0.05) is 6.42 Å². The summed E-state index contributed by atoms with van der Waals surface area (Å²) in [4.78, 5) is 26.7. The molecule has 11 nitrogen and oxygen atoms in total. The van der Waals surface area contributed by atoms with Gasteiger partial charge in [0.1, 0.15) is 24.4 Å².